The highest BCUT2D eigenvalue weighted by Crippen LogP contribution is 2.39. The van der Waals surface area contributed by atoms with Gasteiger partial charge in [-0.2, -0.15) is 5.26 Å². The molecule has 0 saturated carbocycles. The van der Waals surface area contributed by atoms with Crippen molar-refractivity contribution in [3.05, 3.63) is 51.9 Å². The van der Waals surface area contributed by atoms with Crippen molar-refractivity contribution in [3.8, 4) is 6.07 Å². The van der Waals surface area contributed by atoms with Gasteiger partial charge in [-0.1, -0.05) is 37.3 Å². The molecule has 0 radical (unpaired) electrons. The predicted octanol–water partition coefficient (Wildman–Crippen LogP) is 4.32. The fourth-order valence-electron chi connectivity index (χ4n) is 3.05. The zero-order valence-electron chi connectivity index (χ0n) is 13.3. The summed E-state index contributed by atoms with van der Waals surface area (Å²) < 4.78 is 0. The lowest BCUT2D eigenvalue weighted by atomic mass is 9.88. The normalized spacial score (nSPS) is 16.4. The van der Waals surface area contributed by atoms with E-state index in [0.717, 1.165) is 41.8 Å². The van der Waals surface area contributed by atoms with Crippen molar-refractivity contribution in [2.45, 2.75) is 39.0 Å². The molecule has 1 heterocycles. The Morgan fingerprint density at radius 3 is 2.91 bits per heavy atom. The first kappa shape index (κ1) is 15.8. The number of anilines is 1. The number of carbonyl (C=O) groups excluding carboxylic acids is 1. The molecule has 0 bridgehead atoms. The van der Waals surface area contributed by atoms with Gasteiger partial charge in [0.25, 0.3) is 0 Å². The third kappa shape index (κ3) is 3.62. The van der Waals surface area contributed by atoms with E-state index in [9.17, 15) is 10.1 Å². The minimum Gasteiger partial charge on any atom is -0.317 e. The second kappa shape index (κ2) is 6.97. The SMILES string of the molecule is C[C@@H]1CCc2c(sc(NC(=O)CCc3ccccc3)c2C#N)C1. The Kier molecular flexibility index (Phi) is 4.78. The van der Waals surface area contributed by atoms with Crippen LogP contribution in [0.5, 0.6) is 0 Å². The standard InChI is InChI=1S/C19H20N2OS/c1-13-7-9-15-16(12-20)19(23-17(15)11-13)21-18(22)10-8-14-5-3-2-4-6-14/h2-6,13H,7-11H2,1H3,(H,21,22)/t13-/m1/s1. The Hall–Kier alpha value is -2.12. The van der Waals surface area contributed by atoms with E-state index in [1.165, 1.54) is 4.88 Å². The number of rotatable bonds is 4. The number of hydrogen-bond donors (Lipinski definition) is 1. The zero-order valence-corrected chi connectivity index (χ0v) is 14.1. The molecule has 1 amide bonds. The van der Waals surface area contributed by atoms with Gasteiger partial charge >= 0.3 is 0 Å². The quantitative estimate of drug-likeness (QED) is 0.911. The van der Waals surface area contributed by atoms with E-state index in [0.29, 0.717) is 17.9 Å². The van der Waals surface area contributed by atoms with Gasteiger partial charge in [-0.25, -0.2) is 0 Å². The van der Waals surface area contributed by atoms with E-state index >= 15 is 0 Å². The van der Waals surface area contributed by atoms with Crippen LogP contribution in [-0.4, -0.2) is 5.91 Å². The number of nitrogens with zero attached hydrogens (tertiary/aromatic N) is 1. The van der Waals surface area contributed by atoms with Crippen molar-refractivity contribution in [2.24, 2.45) is 5.92 Å². The average molecular weight is 324 g/mol. The van der Waals surface area contributed by atoms with Gasteiger partial charge in [-0.15, -0.1) is 11.3 Å². The smallest absolute Gasteiger partial charge is 0.225 e. The lowest BCUT2D eigenvalue weighted by Gasteiger charge is -2.17. The van der Waals surface area contributed by atoms with Crippen LogP contribution in [0.3, 0.4) is 0 Å². The molecule has 0 spiro atoms. The first-order valence-electron chi connectivity index (χ1n) is 8.05. The van der Waals surface area contributed by atoms with Crippen molar-refractivity contribution in [2.75, 3.05) is 5.32 Å². The second-order valence-corrected chi connectivity index (χ2v) is 7.31. The Balaban J connectivity index is 1.68. The number of benzene rings is 1. The van der Waals surface area contributed by atoms with Gasteiger partial charge in [0.05, 0.1) is 5.56 Å². The number of thiophene rings is 1. The summed E-state index contributed by atoms with van der Waals surface area (Å²) in [5.74, 6) is 0.645. The van der Waals surface area contributed by atoms with Gasteiger partial charge in [-0.3, -0.25) is 4.79 Å². The monoisotopic (exact) mass is 324 g/mol. The largest absolute Gasteiger partial charge is 0.317 e. The van der Waals surface area contributed by atoms with Crippen molar-refractivity contribution < 1.29 is 4.79 Å². The number of fused-ring (bicyclic) bond motifs is 1. The fraction of sp³-hybridized carbons (Fsp3) is 0.368. The first-order valence-corrected chi connectivity index (χ1v) is 8.87. The summed E-state index contributed by atoms with van der Waals surface area (Å²) in [7, 11) is 0. The molecule has 4 heteroatoms. The number of nitriles is 1. The number of aryl methyl sites for hydroxylation is 1. The molecule has 118 valence electrons. The molecule has 1 aliphatic carbocycles. The van der Waals surface area contributed by atoms with E-state index < -0.39 is 0 Å². The van der Waals surface area contributed by atoms with E-state index in [4.69, 9.17) is 0 Å². The summed E-state index contributed by atoms with van der Waals surface area (Å²) in [4.78, 5) is 13.5. The number of carbonyl (C=O) groups is 1. The van der Waals surface area contributed by atoms with Crippen LogP contribution in [-0.2, 0) is 24.1 Å². The topological polar surface area (TPSA) is 52.9 Å². The van der Waals surface area contributed by atoms with Crippen LogP contribution >= 0.6 is 11.3 Å². The second-order valence-electron chi connectivity index (χ2n) is 6.20. The Labute approximate surface area is 141 Å². The van der Waals surface area contributed by atoms with Crippen LogP contribution in [0.25, 0.3) is 0 Å². The van der Waals surface area contributed by atoms with Crippen LogP contribution in [0.2, 0.25) is 0 Å². The molecule has 1 aliphatic rings. The minimum atomic E-state index is -0.0167. The molecule has 23 heavy (non-hydrogen) atoms. The van der Waals surface area contributed by atoms with Gasteiger partial charge in [-0.05, 0) is 42.7 Å². The average Bonchev–Trinajstić information content (AvgIpc) is 2.89. The van der Waals surface area contributed by atoms with Crippen LogP contribution in [0.4, 0.5) is 5.00 Å². The van der Waals surface area contributed by atoms with Crippen molar-refractivity contribution in [3.63, 3.8) is 0 Å². The lowest BCUT2D eigenvalue weighted by molar-refractivity contribution is -0.116. The number of hydrogen-bond acceptors (Lipinski definition) is 3. The highest BCUT2D eigenvalue weighted by Gasteiger charge is 2.24. The summed E-state index contributed by atoms with van der Waals surface area (Å²) in [6, 6.07) is 12.3. The van der Waals surface area contributed by atoms with Crippen LogP contribution in [0.1, 0.15) is 41.3 Å². The van der Waals surface area contributed by atoms with Gasteiger partial charge in [0.15, 0.2) is 0 Å². The van der Waals surface area contributed by atoms with Crippen molar-refractivity contribution in [1.82, 2.24) is 0 Å². The molecule has 0 saturated heterocycles. The van der Waals surface area contributed by atoms with E-state index in [2.05, 4.69) is 18.3 Å². The number of amides is 1. The molecule has 0 fully saturated rings. The molecule has 3 rings (SSSR count). The molecule has 2 aromatic rings. The third-order valence-electron chi connectivity index (χ3n) is 4.36. The fourth-order valence-corrected chi connectivity index (χ4v) is 4.43. The summed E-state index contributed by atoms with van der Waals surface area (Å²) in [5, 5.41) is 13.2. The van der Waals surface area contributed by atoms with Crippen LogP contribution in [0, 0.1) is 17.2 Å². The lowest BCUT2D eigenvalue weighted by Crippen LogP contribution is -2.12. The van der Waals surface area contributed by atoms with E-state index in [-0.39, 0.29) is 5.91 Å². The summed E-state index contributed by atoms with van der Waals surface area (Å²) in [6.45, 7) is 2.24. The molecule has 1 aromatic heterocycles. The summed E-state index contributed by atoms with van der Waals surface area (Å²) >= 11 is 1.59. The van der Waals surface area contributed by atoms with Gasteiger partial charge in [0.2, 0.25) is 5.91 Å². The zero-order chi connectivity index (χ0) is 16.2. The molecule has 3 nitrogen and oxygen atoms in total. The maximum Gasteiger partial charge on any atom is 0.225 e. The van der Waals surface area contributed by atoms with Gasteiger partial charge < -0.3 is 5.32 Å². The van der Waals surface area contributed by atoms with E-state index in [1.807, 2.05) is 30.3 Å². The first-order chi connectivity index (χ1) is 11.2. The van der Waals surface area contributed by atoms with Crippen LogP contribution in [0.15, 0.2) is 30.3 Å². The molecule has 1 N–H and O–H groups in total. The van der Waals surface area contributed by atoms with Crippen LogP contribution < -0.4 is 5.32 Å². The Bertz CT molecular complexity index is 743. The van der Waals surface area contributed by atoms with Crippen molar-refractivity contribution >= 4 is 22.2 Å². The summed E-state index contributed by atoms with van der Waals surface area (Å²) in [5.41, 5.74) is 3.00. The minimum absolute atomic E-state index is 0.0167. The molecular weight excluding hydrogens is 304 g/mol. The summed E-state index contributed by atoms with van der Waals surface area (Å²) in [6.07, 6.45) is 4.26. The Morgan fingerprint density at radius 1 is 1.39 bits per heavy atom. The molecule has 1 atom stereocenters. The van der Waals surface area contributed by atoms with E-state index in [1.54, 1.807) is 11.3 Å². The number of nitrogens with one attached hydrogen (secondary N) is 1. The molecular formula is C19H20N2OS. The highest BCUT2D eigenvalue weighted by atomic mass is 32.1. The molecule has 0 unspecified atom stereocenters. The molecule has 1 aromatic carbocycles. The van der Waals surface area contributed by atoms with Gasteiger partial charge in [0, 0.05) is 11.3 Å². The predicted molar refractivity (Wildman–Crippen MR) is 93.6 cm³/mol. The van der Waals surface area contributed by atoms with Gasteiger partial charge in [0.1, 0.15) is 11.1 Å². The molecule has 0 aliphatic heterocycles. The maximum absolute atomic E-state index is 12.2. The third-order valence-corrected chi connectivity index (χ3v) is 5.53. The maximum atomic E-state index is 12.2. The Morgan fingerprint density at radius 2 is 2.17 bits per heavy atom. The highest BCUT2D eigenvalue weighted by molar-refractivity contribution is 7.16. The van der Waals surface area contributed by atoms with Crippen molar-refractivity contribution in [1.29, 1.82) is 5.26 Å².